The number of nitrogens with one attached hydrogen (secondary N) is 1. The summed E-state index contributed by atoms with van der Waals surface area (Å²) in [6, 6.07) is 0. The summed E-state index contributed by atoms with van der Waals surface area (Å²) in [5.74, 6) is 0. The van der Waals surface area contributed by atoms with E-state index in [1.165, 1.54) is 0 Å². The van der Waals surface area contributed by atoms with E-state index in [9.17, 15) is 0 Å². The Labute approximate surface area is 85.2 Å². The zero-order valence-electron chi connectivity index (χ0n) is 6.09. The predicted molar refractivity (Wildman–Crippen MR) is 33.9 cm³/mol. The molecule has 1 N–H and O–H groups in total. The van der Waals surface area contributed by atoms with Crippen LogP contribution in [-0.2, 0) is 9.47 Å². The number of rotatable bonds is 2. The maximum absolute atomic E-state index is 5.21. The molecule has 0 bridgehead atoms. The molecule has 1 heterocycles. The van der Waals surface area contributed by atoms with Crippen molar-refractivity contribution in [1.82, 2.24) is 5.32 Å². The average Bonchev–Trinajstić information content (AvgIpc) is 1.91. The van der Waals surface area contributed by atoms with Crippen LogP contribution in [0.1, 0.15) is 0 Å². The van der Waals surface area contributed by atoms with Gasteiger partial charge in [-0.3, -0.25) is 0 Å². The van der Waals surface area contributed by atoms with Crippen molar-refractivity contribution in [2.45, 2.75) is 6.10 Å². The number of hydrogen-bond acceptors (Lipinski definition) is 3. The second-order valence-electron chi connectivity index (χ2n) is 2.04. The van der Waals surface area contributed by atoms with Gasteiger partial charge in [0.25, 0.3) is 0 Å². The molecule has 10 heavy (non-hydrogen) atoms. The van der Waals surface area contributed by atoms with Crippen LogP contribution in [0, 0.1) is 37.7 Å². The van der Waals surface area contributed by atoms with Crippen molar-refractivity contribution < 1.29 is 40.6 Å². The van der Waals surface area contributed by atoms with Crippen LogP contribution in [0.4, 0.5) is 0 Å². The van der Waals surface area contributed by atoms with Gasteiger partial charge in [0.05, 0.1) is 12.7 Å². The Morgan fingerprint density at radius 1 is 1.80 bits per heavy atom. The van der Waals surface area contributed by atoms with E-state index >= 15 is 0 Å². The minimum atomic E-state index is 0. The van der Waals surface area contributed by atoms with Crippen LogP contribution in [0.3, 0.4) is 0 Å². The van der Waals surface area contributed by atoms with Gasteiger partial charge in [0.1, 0.15) is 0 Å². The summed E-state index contributed by atoms with van der Waals surface area (Å²) in [5, 5.41) is 3.16. The quantitative estimate of drug-likeness (QED) is 0.684. The molecule has 1 rings (SSSR count). The van der Waals surface area contributed by atoms with Gasteiger partial charge in [0.15, 0.2) is 0 Å². The summed E-state index contributed by atoms with van der Waals surface area (Å²) >= 11 is 0. The zero-order chi connectivity index (χ0) is 6.53. The minimum Gasteiger partial charge on any atom is -0.546 e. The van der Waals surface area contributed by atoms with E-state index in [4.69, 9.17) is 9.47 Å². The van der Waals surface area contributed by atoms with E-state index in [1.54, 1.807) is 13.7 Å². The molecular weight excluding hydrogens is 356 g/mol. The fraction of sp³-hybridized carbons (Fsp3) is 0.833. The predicted octanol–water partition coefficient (Wildman–Crippen LogP) is -0.217. The molecule has 4 heteroatoms. The van der Waals surface area contributed by atoms with Crippen molar-refractivity contribution in [1.29, 1.82) is 0 Å². The third kappa shape index (κ3) is 3.95. The average molecular weight is 368 g/mol. The smallest absolute Gasteiger partial charge is 0.546 e. The molecule has 3 nitrogen and oxygen atoms in total. The molecule has 0 aliphatic carbocycles. The van der Waals surface area contributed by atoms with Crippen LogP contribution in [-0.4, -0.2) is 32.9 Å². The van der Waals surface area contributed by atoms with Crippen LogP contribution in [0.2, 0.25) is 0 Å². The molecule has 0 aromatic heterocycles. The SMILES string of the molecule is COCC1CNC[CH-]O1.[U+2]. The number of hydrogen-bond donors (Lipinski definition) is 1. The van der Waals surface area contributed by atoms with Gasteiger partial charge in [-0.25, -0.2) is 0 Å². The molecule has 0 saturated carbocycles. The minimum absolute atomic E-state index is 0. The van der Waals surface area contributed by atoms with E-state index < -0.39 is 0 Å². The maximum Gasteiger partial charge on any atom is 2.00 e. The first kappa shape index (κ1) is 10.9. The van der Waals surface area contributed by atoms with Crippen LogP contribution in [0.15, 0.2) is 0 Å². The van der Waals surface area contributed by atoms with Gasteiger partial charge in [0.2, 0.25) is 0 Å². The molecule has 0 amide bonds. The van der Waals surface area contributed by atoms with Crippen molar-refractivity contribution in [2.24, 2.45) is 0 Å². The Morgan fingerprint density at radius 3 is 3.10 bits per heavy atom. The molecule has 1 aliphatic rings. The fourth-order valence-electron chi connectivity index (χ4n) is 0.820. The Balaban J connectivity index is 0.000000810. The van der Waals surface area contributed by atoms with E-state index in [-0.39, 0.29) is 37.2 Å². The van der Waals surface area contributed by atoms with Crippen LogP contribution >= 0.6 is 0 Å². The molecule has 0 aromatic rings. The first-order valence-corrected chi connectivity index (χ1v) is 3.10. The van der Waals surface area contributed by atoms with Crippen LogP contribution in [0.5, 0.6) is 0 Å². The summed E-state index contributed by atoms with van der Waals surface area (Å²) in [6.07, 6.45) is 0.212. The number of methoxy groups -OCH3 is 1. The van der Waals surface area contributed by atoms with E-state index in [0.29, 0.717) is 6.61 Å². The van der Waals surface area contributed by atoms with Gasteiger partial charge >= 0.3 is 31.1 Å². The molecule has 1 aliphatic heterocycles. The molecule has 1 unspecified atom stereocenters. The topological polar surface area (TPSA) is 30.5 Å². The largest absolute Gasteiger partial charge is 2.00 e. The van der Waals surface area contributed by atoms with Crippen molar-refractivity contribution in [2.75, 3.05) is 26.8 Å². The Hall–Kier alpha value is 0.932. The van der Waals surface area contributed by atoms with Crippen molar-refractivity contribution in [3.05, 3.63) is 6.61 Å². The molecule has 0 aromatic carbocycles. The Kier molecular flexibility index (Phi) is 7.25. The maximum atomic E-state index is 5.21. The van der Waals surface area contributed by atoms with Crippen molar-refractivity contribution in [3.63, 3.8) is 0 Å². The van der Waals surface area contributed by atoms with Crippen molar-refractivity contribution >= 4 is 0 Å². The van der Waals surface area contributed by atoms with E-state index in [1.807, 2.05) is 0 Å². The third-order valence-electron chi connectivity index (χ3n) is 1.24. The Bertz CT molecular complexity index is 73.4. The van der Waals surface area contributed by atoms with Crippen LogP contribution < -0.4 is 5.32 Å². The fourth-order valence-corrected chi connectivity index (χ4v) is 0.820. The summed E-state index contributed by atoms with van der Waals surface area (Å²) in [6.45, 7) is 4.18. The molecule has 1 fully saturated rings. The van der Waals surface area contributed by atoms with Gasteiger partial charge in [0, 0.05) is 13.7 Å². The molecule has 0 spiro atoms. The van der Waals surface area contributed by atoms with Gasteiger partial charge in [-0.15, -0.1) is 6.54 Å². The van der Waals surface area contributed by atoms with Gasteiger partial charge in [-0.2, -0.15) is 6.61 Å². The zero-order valence-corrected chi connectivity index (χ0v) is 10.3. The van der Waals surface area contributed by atoms with Gasteiger partial charge in [-0.05, 0) is 0 Å². The normalized spacial score (nSPS) is 25.5. The molecule has 0 radical (unpaired) electrons. The first-order chi connectivity index (χ1) is 4.43. The standard InChI is InChI=1S/C6H12NO2.U/c1-8-5-6-4-7-2-3-9-6;/h3,6-7H,2,4-5H2,1H3;/q-1;+2. The van der Waals surface area contributed by atoms with Crippen molar-refractivity contribution in [3.8, 4) is 0 Å². The molecule has 56 valence electrons. The van der Waals surface area contributed by atoms with Gasteiger partial charge < -0.3 is 14.8 Å². The molecular formula is C6H12NO2U+. The summed E-state index contributed by atoms with van der Waals surface area (Å²) in [7, 11) is 1.68. The van der Waals surface area contributed by atoms with E-state index in [2.05, 4.69) is 5.32 Å². The second kappa shape index (κ2) is 6.63. The summed E-state index contributed by atoms with van der Waals surface area (Å²) in [4.78, 5) is 0. The summed E-state index contributed by atoms with van der Waals surface area (Å²) in [5.41, 5.74) is 0. The van der Waals surface area contributed by atoms with E-state index in [0.717, 1.165) is 13.1 Å². The third-order valence-corrected chi connectivity index (χ3v) is 1.24. The molecule has 1 saturated heterocycles. The first-order valence-electron chi connectivity index (χ1n) is 3.10. The number of ether oxygens (including phenoxy) is 2. The Morgan fingerprint density at radius 2 is 2.60 bits per heavy atom. The monoisotopic (exact) mass is 368 g/mol. The van der Waals surface area contributed by atoms with Gasteiger partial charge in [-0.1, -0.05) is 0 Å². The number of morpholine rings is 1. The molecule has 1 atom stereocenters. The van der Waals surface area contributed by atoms with Crippen LogP contribution in [0.25, 0.3) is 0 Å². The summed E-state index contributed by atoms with van der Waals surface area (Å²) < 4.78 is 10.1. The second-order valence-corrected chi connectivity index (χ2v) is 2.04.